The molecule has 0 bridgehead atoms. The van der Waals surface area contributed by atoms with Crippen molar-refractivity contribution in [2.45, 2.75) is 39.0 Å². The zero-order valence-corrected chi connectivity index (χ0v) is 20.7. The molecule has 0 saturated carbocycles. The number of likely N-dealkylation sites (tertiary alicyclic amines) is 1. The van der Waals surface area contributed by atoms with Gasteiger partial charge in [0.1, 0.15) is 0 Å². The van der Waals surface area contributed by atoms with E-state index in [4.69, 9.17) is 16.6 Å². The van der Waals surface area contributed by atoms with Gasteiger partial charge < -0.3 is 4.90 Å². The molecule has 0 atom stereocenters. The smallest absolute Gasteiger partial charge is 0.253 e. The van der Waals surface area contributed by atoms with E-state index >= 15 is 0 Å². The van der Waals surface area contributed by atoms with Crippen molar-refractivity contribution in [2.24, 2.45) is 10.9 Å². The number of carbonyl (C=O) groups is 2. The molecule has 2 amide bonds. The fraction of sp³-hybridized carbons (Fsp3) is 0.423. The first-order valence-corrected chi connectivity index (χ1v) is 13.0. The lowest BCUT2D eigenvalue weighted by atomic mass is 9.94. The lowest BCUT2D eigenvalue weighted by Crippen LogP contribution is -2.47. The second-order valence-corrected chi connectivity index (χ2v) is 10.4. The molecule has 0 spiro atoms. The number of rotatable bonds is 4. The normalized spacial score (nSPS) is 18.7. The number of para-hydroxylation sites is 1. The number of aliphatic imine (C=N–C) groups is 1. The highest BCUT2D eigenvalue weighted by atomic mass is 35.5. The van der Waals surface area contributed by atoms with Gasteiger partial charge >= 0.3 is 0 Å². The van der Waals surface area contributed by atoms with Crippen LogP contribution in [0.5, 0.6) is 0 Å². The van der Waals surface area contributed by atoms with Crippen LogP contribution in [0.2, 0.25) is 5.02 Å². The van der Waals surface area contributed by atoms with E-state index in [2.05, 4.69) is 19.9 Å². The van der Waals surface area contributed by atoms with Crippen molar-refractivity contribution in [1.82, 2.24) is 9.80 Å². The Labute approximate surface area is 205 Å². The highest BCUT2D eigenvalue weighted by Gasteiger charge is 2.33. The molecule has 7 heteroatoms. The van der Waals surface area contributed by atoms with Crippen molar-refractivity contribution in [3.63, 3.8) is 0 Å². The van der Waals surface area contributed by atoms with E-state index in [0.717, 1.165) is 23.0 Å². The number of hydrogen-bond acceptors (Lipinski definition) is 4. The number of benzene rings is 2. The van der Waals surface area contributed by atoms with Crippen molar-refractivity contribution in [3.8, 4) is 0 Å². The number of amides is 2. The largest absolute Gasteiger partial charge is 0.339 e. The first-order chi connectivity index (χ1) is 15.9. The Balaban J connectivity index is 1.44. The van der Waals surface area contributed by atoms with Gasteiger partial charge in [0.25, 0.3) is 5.91 Å². The Bertz CT molecular complexity index is 1030. The standard InChI is InChI=1S/C26H30ClN3O2S/c1-18(2)22-6-3-4-7-23(22)28-26-30(14-5-17-33-26)25(32)20-12-15-29(16-13-20)24(31)19-8-10-21(27)11-9-19/h3-4,6-11,18,20H,5,12-17H2,1-2H3. The first kappa shape index (κ1) is 23.8. The fourth-order valence-corrected chi connectivity index (χ4v) is 5.44. The summed E-state index contributed by atoms with van der Waals surface area (Å²) in [5, 5.41) is 1.42. The van der Waals surface area contributed by atoms with Gasteiger partial charge in [-0.25, -0.2) is 4.99 Å². The van der Waals surface area contributed by atoms with Crippen LogP contribution in [0.3, 0.4) is 0 Å². The van der Waals surface area contributed by atoms with Crippen molar-refractivity contribution >= 4 is 46.0 Å². The number of halogens is 1. The molecule has 4 rings (SSSR count). The number of thioether (sulfide) groups is 1. The maximum atomic E-state index is 13.5. The van der Waals surface area contributed by atoms with Crippen LogP contribution in [0, 0.1) is 5.92 Å². The molecule has 0 radical (unpaired) electrons. The Morgan fingerprint density at radius 3 is 2.42 bits per heavy atom. The van der Waals surface area contributed by atoms with Gasteiger partial charge in [-0.1, -0.05) is 55.4 Å². The highest BCUT2D eigenvalue weighted by Crippen LogP contribution is 2.31. The predicted octanol–water partition coefficient (Wildman–Crippen LogP) is 5.97. The van der Waals surface area contributed by atoms with Crippen molar-refractivity contribution < 1.29 is 9.59 Å². The molecule has 2 aromatic rings. The number of hydrogen-bond donors (Lipinski definition) is 0. The maximum Gasteiger partial charge on any atom is 0.253 e. The third kappa shape index (κ3) is 5.61. The molecule has 2 fully saturated rings. The fourth-order valence-electron chi connectivity index (χ4n) is 4.36. The Hall–Kier alpha value is -2.31. The van der Waals surface area contributed by atoms with E-state index < -0.39 is 0 Å². The van der Waals surface area contributed by atoms with Crippen LogP contribution in [-0.4, -0.2) is 52.2 Å². The Morgan fingerprint density at radius 1 is 1.03 bits per heavy atom. The number of nitrogens with zero attached hydrogens (tertiary/aromatic N) is 3. The van der Waals surface area contributed by atoms with E-state index in [1.165, 1.54) is 5.56 Å². The summed E-state index contributed by atoms with van der Waals surface area (Å²) in [6.07, 6.45) is 2.32. The number of amidine groups is 1. The van der Waals surface area contributed by atoms with E-state index in [-0.39, 0.29) is 17.7 Å². The molecule has 2 aliphatic heterocycles. The summed E-state index contributed by atoms with van der Waals surface area (Å²) in [7, 11) is 0. The van der Waals surface area contributed by atoms with Crippen LogP contribution in [0.15, 0.2) is 53.5 Å². The van der Waals surface area contributed by atoms with Gasteiger partial charge in [-0.3, -0.25) is 14.5 Å². The summed E-state index contributed by atoms with van der Waals surface area (Å²) in [6.45, 7) is 6.20. The third-order valence-electron chi connectivity index (χ3n) is 6.25. The topological polar surface area (TPSA) is 53.0 Å². The monoisotopic (exact) mass is 483 g/mol. The zero-order chi connectivity index (χ0) is 23.4. The molecule has 2 saturated heterocycles. The number of carbonyl (C=O) groups excluding carboxylic acids is 2. The van der Waals surface area contributed by atoms with Gasteiger partial charge in [-0.15, -0.1) is 0 Å². The van der Waals surface area contributed by atoms with Crippen LogP contribution in [0.1, 0.15) is 54.9 Å². The minimum absolute atomic E-state index is 0.00126. The van der Waals surface area contributed by atoms with Gasteiger partial charge in [-0.05, 0) is 61.1 Å². The molecule has 2 aliphatic rings. The number of piperidine rings is 1. The summed E-state index contributed by atoms with van der Waals surface area (Å²) in [5.41, 5.74) is 2.77. The molecule has 2 heterocycles. The molecular weight excluding hydrogens is 454 g/mol. The Kier molecular flexibility index (Phi) is 7.76. The average Bonchev–Trinajstić information content (AvgIpc) is 2.84. The summed E-state index contributed by atoms with van der Waals surface area (Å²) in [4.78, 5) is 34.9. The van der Waals surface area contributed by atoms with Crippen molar-refractivity contribution in [1.29, 1.82) is 0 Å². The van der Waals surface area contributed by atoms with Gasteiger partial charge in [0, 0.05) is 41.9 Å². The highest BCUT2D eigenvalue weighted by molar-refractivity contribution is 8.13. The van der Waals surface area contributed by atoms with Gasteiger partial charge in [-0.2, -0.15) is 0 Å². The molecule has 0 N–H and O–H groups in total. The second-order valence-electron chi connectivity index (χ2n) is 8.87. The molecule has 33 heavy (non-hydrogen) atoms. The predicted molar refractivity (Wildman–Crippen MR) is 136 cm³/mol. The summed E-state index contributed by atoms with van der Waals surface area (Å²) in [6, 6.07) is 15.1. The molecule has 2 aromatic carbocycles. The lowest BCUT2D eigenvalue weighted by molar-refractivity contribution is -0.132. The van der Waals surface area contributed by atoms with Crippen molar-refractivity contribution in [2.75, 3.05) is 25.4 Å². The molecule has 174 valence electrons. The average molecular weight is 484 g/mol. The molecule has 0 aliphatic carbocycles. The van der Waals surface area contributed by atoms with Crippen LogP contribution >= 0.6 is 23.4 Å². The molecule has 0 unspecified atom stereocenters. The maximum absolute atomic E-state index is 13.5. The third-order valence-corrected chi connectivity index (χ3v) is 7.57. The van der Waals surface area contributed by atoms with Crippen LogP contribution in [0.25, 0.3) is 0 Å². The van der Waals surface area contributed by atoms with Crippen LogP contribution in [0.4, 0.5) is 5.69 Å². The van der Waals surface area contributed by atoms with E-state index in [1.807, 2.05) is 28.0 Å². The lowest BCUT2D eigenvalue weighted by Gasteiger charge is -2.35. The van der Waals surface area contributed by atoms with Crippen LogP contribution < -0.4 is 0 Å². The van der Waals surface area contributed by atoms with E-state index in [9.17, 15) is 9.59 Å². The zero-order valence-electron chi connectivity index (χ0n) is 19.2. The van der Waals surface area contributed by atoms with Gasteiger partial charge in [0.15, 0.2) is 5.17 Å². The van der Waals surface area contributed by atoms with E-state index in [1.54, 1.807) is 36.0 Å². The molecular formula is C26H30ClN3O2S. The molecule has 5 nitrogen and oxygen atoms in total. The molecule has 0 aromatic heterocycles. The minimum atomic E-state index is -0.0801. The van der Waals surface area contributed by atoms with E-state index in [0.29, 0.717) is 49.0 Å². The first-order valence-electron chi connectivity index (χ1n) is 11.6. The van der Waals surface area contributed by atoms with Crippen molar-refractivity contribution in [3.05, 3.63) is 64.7 Å². The van der Waals surface area contributed by atoms with Gasteiger partial charge in [0.05, 0.1) is 5.69 Å². The van der Waals surface area contributed by atoms with Crippen LogP contribution in [-0.2, 0) is 4.79 Å². The quantitative estimate of drug-likeness (QED) is 0.538. The summed E-state index contributed by atoms with van der Waals surface area (Å²) in [5.74, 6) is 1.40. The second kappa shape index (κ2) is 10.7. The Morgan fingerprint density at radius 2 is 1.73 bits per heavy atom. The minimum Gasteiger partial charge on any atom is -0.339 e. The SMILES string of the molecule is CC(C)c1ccccc1N=C1SCCCN1C(=O)C1CCN(C(=O)c2ccc(Cl)cc2)CC1. The van der Waals surface area contributed by atoms with Gasteiger partial charge in [0.2, 0.25) is 5.91 Å². The summed E-state index contributed by atoms with van der Waals surface area (Å²) >= 11 is 7.60. The summed E-state index contributed by atoms with van der Waals surface area (Å²) < 4.78 is 0.